The van der Waals surface area contributed by atoms with E-state index in [4.69, 9.17) is 0 Å². The van der Waals surface area contributed by atoms with Crippen molar-refractivity contribution < 1.29 is 0 Å². The van der Waals surface area contributed by atoms with Crippen LogP contribution in [0, 0.1) is 5.92 Å². The Balaban J connectivity index is 2.66. The van der Waals surface area contributed by atoms with Crippen molar-refractivity contribution in [1.82, 2.24) is 16.4 Å². The van der Waals surface area contributed by atoms with Crippen molar-refractivity contribution in [2.45, 2.75) is 20.8 Å². The van der Waals surface area contributed by atoms with Gasteiger partial charge in [0.05, 0.1) is 5.70 Å². The molecule has 0 amide bonds. The monoisotopic (exact) mass is 127 g/mol. The van der Waals surface area contributed by atoms with Gasteiger partial charge in [-0.2, -0.15) is 5.53 Å². The largest absolute Gasteiger partial charge is 0.307 e. The zero-order valence-electron chi connectivity index (χ0n) is 6.08. The fourth-order valence-corrected chi connectivity index (χ4v) is 0.931. The summed E-state index contributed by atoms with van der Waals surface area (Å²) in [6.07, 6.45) is 0. The van der Waals surface area contributed by atoms with E-state index in [2.05, 4.69) is 30.2 Å². The number of hydrogen-bond acceptors (Lipinski definition) is 3. The SMILES string of the molecule is CC1=C(C(C)C)NNN1. The molecule has 0 spiro atoms. The molecule has 1 heterocycles. The van der Waals surface area contributed by atoms with Gasteiger partial charge in [-0.25, -0.2) is 0 Å². The average molecular weight is 127 g/mol. The smallest absolute Gasteiger partial charge is 0.0505 e. The van der Waals surface area contributed by atoms with Crippen molar-refractivity contribution in [3.8, 4) is 0 Å². The molecule has 0 saturated heterocycles. The zero-order valence-corrected chi connectivity index (χ0v) is 6.08. The molecule has 1 rings (SSSR count). The minimum absolute atomic E-state index is 0.562. The van der Waals surface area contributed by atoms with Gasteiger partial charge in [-0.15, -0.1) is 0 Å². The van der Waals surface area contributed by atoms with E-state index in [-0.39, 0.29) is 0 Å². The first kappa shape index (κ1) is 6.42. The maximum Gasteiger partial charge on any atom is 0.0505 e. The second kappa shape index (κ2) is 2.27. The molecule has 1 aliphatic heterocycles. The Labute approximate surface area is 55.5 Å². The van der Waals surface area contributed by atoms with Crippen molar-refractivity contribution in [2.24, 2.45) is 5.92 Å². The summed E-state index contributed by atoms with van der Waals surface area (Å²) in [4.78, 5) is 0. The van der Waals surface area contributed by atoms with Crippen molar-refractivity contribution in [3.63, 3.8) is 0 Å². The van der Waals surface area contributed by atoms with E-state index in [0.717, 1.165) is 0 Å². The molecule has 0 aromatic heterocycles. The molecule has 0 unspecified atom stereocenters. The number of rotatable bonds is 1. The molecule has 0 saturated carbocycles. The van der Waals surface area contributed by atoms with Crippen LogP contribution >= 0.6 is 0 Å². The fourth-order valence-electron chi connectivity index (χ4n) is 0.931. The highest BCUT2D eigenvalue weighted by atomic mass is 15.6. The van der Waals surface area contributed by atoms with E-state index in [0.29, 0.717) is 5.92 Å². The lowest BCUT2D eigenvalue weighted by atomic mass is 10.1. The lowest BCUT2D eigenvalue weighted by Gasteiger charge is -2.05. The van der Waals surface area contributed by atoms with Crippen LogP contribution in [0.25, 0.3) is 0 Å². The highest BCUT2D eigenvalue weighted by Crippen LogP contribution is 2.10. The summed E-state index contributed by atoms with van der Waals surface area (Å²) in [5.41, 5.74) is 11.3. The van der Waals surface area contributed by atoms with Crippen LogP contribution in [0.15, 0.2) is 11.4 Å². The molecule has 3 nitrogen and oxygen atoms in total. The highest BCUT2D eigenvalue weighted by Gasteiger charge is 2.10. The van der Waals surface area contributed by atoms with Gasteiger partial charge >= 0.3 is 0 Å². The fraction of sp³-hybridized carbons (Fsp3) is 0.667. The van der Waals surface area contributed by atoms with Crippen molar-refractivity contribution in [1.29, 1.82) is 0 Å². The predicted molar refractivity (Wildman–Crippen MR) is 36.9 cm³/mol. The Kier molecular flexibility index (Phi) is 1.62. The summed E-state index contributed by atoms with van der Waals surface area (Å²) < 4.78 is 0. The number of allylic oxidation sites excluding steroid dienone is 2. The van der Waals surface area contributed by atoms with Crippen LogP contribution < -0.4 is 16.4 Å². The summed E-state index contributed by atoms with van der Waals surface area (Å²) in [7, 11) is 0. The molecule has 52 valence electrons. The maximum atomic E-state index is 3.02. The first-order chi connectivity index (χ1) is 4.22. The molecule has 0 radical (unpaired) electrons. The normalized spacial score (nSPS) is 18.2. The molecule has 0 aromatic carbocycles. The third-order valence-corrected chi connectivity index (χ3v) is 1.43. The Morgan fingerprint density at radius 3 is 2.11 bits per heavy atom. The predicted octanol–water partition coefficient (Wildman–Crippen LogP) is 0.486. The molecule has 3 N–H and O–H groups in total. The molecular weight excluding hydrogens is 114 g/mol. The Morgan fingerprint density at radius 2 is 1.89 bits per heavy atom. The number of nitrogens with one attached hydrogen (secondary N) is 3. The molecule has 0 fully saturated rings. The second-order valence-corrected chi connectivity index (χ2v) is 2.57. The third kappa shape index (κ3) is 1.16. The van der Waals surface area contributed by atoms with E-state index >= 15 is 0 Å². The van der Waals surface area contributed by atoms with Gasteiger partial charge in [0.15, 0.2) is 0 Å². The summed E-state index contributed by atoms with van der Waals surface area (Å²) in [5, 5.41) is 0. The third-order valence-electron chi connectivity index (χ3n) is 1.43. The van der Waals surface area contributed by atoms with Gasteiger partial charge in [-0.1, -0.05) is 13.8 Å². The Hall–Kier alpha value is -0.700. The van der Waals surface area contributed by atoms with Gasteiger partial charge in [0.25, 0.3) is 0 Å². The van der Waals surface area contributed by atoms with Gasteiger partial charge in [0.1, 0.15) is 0 Å². The van der Waals surface area contributed by atoms with E-state index in [1.54, 1.807) is 0 Å². The number of hydrogen-bond donors (Lipinski definition) is 3. The second-order valence-electron chi connectivity index (χ2n) is 2.57. The van der Waals surface area contributed by atoms with Crippen LogP contribution in [0.2, 0.25) is 0 Å². The molecule has 0 bridgehead atoms. The van der Waals surface area contributed by atoms with Crippen molar-refractivity contribution in [2.75, 3.05) is 0 Å². The van der Waals surface area contributed by atoms with Crippen molar-refractivity contribution >= 4 is 0 Å². The van der Waals surface area contributed by atoms with Crippen LogP contribution in [0.1, 0.15) is 20.8 Å². The van der Waals surface area contributed by atoms with Crippen LogP contribution in [0.5, 0.6) is 0 Å². The summed E-state index contributed by atoms with van der Waals surface area (Å²) in [6.45, 7) is 6.35. The Morgan fingerprint density at radius 1 is 1.22 bits per heavy atom. The van der Waals surface area contributed by atoms with E-state index in [1.165, 1.54) is 11.4 Å². The summed E-state index contributed by atoms with van der Waals surface area (Å²) in [5.74, 6) is 0.562. The molecular formula is C6H13N3. The lowest BCUT2D eigenvalue weighted by molar-refractivity contribution is 0.560. The van der Waals surface area contributed by atoms with Gasteiger partial charge in [-0.05, 0) is 12.8 Å². The zero-order chi connectivity index (χ0) is 6.85. The van der Waals surface area contributed by atoms with E-state index in [9.17, 15) is 0 Å². The van der Waals surface area contributed by atoms with Crippen LogP contribution in [-0.4, -0.2) is 0 Å². The maximum absolute atomic E-state index is 3.02. The minimum atomic E-state index is 0.562. The Bertz CT molecular complexity index is 137. The number of hydrazine groups is 2. The molecule has 0 atom stereocenters. The van der Waals surface area contributed by atoms with Gasteiger partial charge in [-0.3, -0.25) is 0 Å². The first-order valence-electron chi connectivity index (χ1n) is 3.19. The summed E-state index contributed by atoms with van der Waals surface area (Å²) >= 11 is 0. The van der Waals surface area contributed by atoms with Gasteiger partial charge < -0.3 is 10.9 Å². The summed E-state index contributed by atoms with van der Waals surface area (Å²) in [6, 6.07) is 0. The molecule has 0 aliphatic carbocycles. The standard InChI is InChI=1S/C6H13N3/c1-4(2)6-5(3)7-9-8-6/h4,7-9H,1-3H3. The first-order valence-corrected chi connectivity index (χ1v) is 3.19. The van der Waals surface area contributed by atoms with Gasteiger partial charge in [0, 0.05) is 5.70 Å². The molecule has 3 heteroatoms. The topological polar surface area (TPSA) is 36.1 Å². The van der Waals surface area contributed by atoms with Crippen LogP contribution in [0.4, 0.5) is 0 Å². The highest BCUT2D eigenvalue weighted by molar-refractivity contribution is 5.12. The molecule has 1 aliphatic rings. The minimum Gasteiger partial charge on any atom is -0.307 e. The van der Waals surface area contributed by atoms with E-state index in [1.807, 2.05) is 6.92 Å². The van der Waals surface area contributed by atoms with Crippen LogP contribution in [-0.2, 0) is 0 Å². The quantitative estimate of drug-likeness (QED) is 0.479. The van der Waals surface area contributed by atoms with Crippen LogP contribution in [0.3, 0.4) is 0 Å². The van der Waals surface area contributed by atoms with Gasteiger partial charge in [0.2, 0.25) is 0 Å². The van der Waals surface area contributed by atoms with E-state index < -0.39 is 0 Å². The lowest BCUT2D eigenvalue weighted by Crippen LogP contribution is -2.33. The average Bonchev–Trinajstić information content (AvgIpc) is 2.13. The molecule has 9 heavy (non-hydrogen) atoms. The molecule has 0 aromatic rings. The van der Waals surface area contributed by atoms with Crippen molar-refractivity contribution in [3.05, 3.63) is 11.4 Å².